The van der Waals surface area contributed by atoms with Gasteiger partial charge in [-0.2, -0.15) is 16.1 Å². The second-order valence-electron chi connectivity index (χ2n) is 5.32. The molecule has 21 heavy (non-hydrogen) atoms. The maximum atomic E-state index is 12.7. The van der Waals surface area contributed by atoms with Crippen LogP contribution in [0.5, 0.6) is 0 Å². The van der Waals surface area contributed by atoms with Crippen LogP contribution in [-0.2, 0) is 23.6 Å². The number of hydrogen-bond acceptors (Lipinski definition) is 4. The molecule has 0 radical (unpaired) electrons. The van der Waals surface area contributed by atoms with E-state index in [1.54, 1.807) is 16.6 Å². The van der Waals surface area contributed by atoms with Crippen molar-refractivity contribution in [3.63, 3.8) is 0 Å². The van der Waals surface area contributed by atoms with Crippen LogP contribution in [0, 0.1) is 0 Å². The number of nitrogens with zero attached hydrogens (tertiary/aromatic N) is 2. The van der Waals surface area contributed by atoms with Crippen LogP contribution in [0.3, 0.4) is 0 Å². The fraction of sp³-hybridized carbons (Fsp3) is 0.714. The van der Waals surface area contributed by atoms with E-state index in [9.17, 15) is 8.42 Å². The molecule has 1 aliphatic rings. The third kappa shape index (κ3) is 4.25. The maximum absolute atomic E-state index is 12.7. The molecule has 1 aromatic heterocycles. The summed E-state index contributed by atoms with van der Waals surface area (Å²) in [5, 5.41) is 3.31. The van der Waals surface area contributed by atoms with Crippen molar-refractivity contribution in [2.45, 2.75) is 31.2 Å². The molecule has 0 saturated carbocycles. The Balaban J connectivity index is 2.14. The minimum atomic E-state index is -3.35. The lowest BCUT2D eigenvalue weighted by molar-refractivity contribution is 0.435. The molecular weight excluding hydrogens is 306 g/mol. The van der Waals surface area contributed by atoms with Crippen LogP contribution in [0.1, 0.15) is 25.5 Å². The Hall–Kier alpha value is -0.500. The van der Waals surface area contributed by atoms with Crippen LogP contribution in [0.4, 0.5) is 0 Å². The fourth-order valence-electron chi connectivity index (χ4n) is 2.40. The van der Waals surface area contributed by atoms with Gasteiger partial charge in [-0.3, -0.25) is 0 Å². The molecule has 1 N–H and O–H groups in total. The summed E-state index contributed by atoms with van der Waals surface area (Å²) in [5.41, 5.74) is 1.01. The highest BCUT2D eigenvalue weighted by Crippen LogP contribution is 2.21. The van der Waals surface area contributed by atoms with E-state index in [4.69, 9.17) is 0 Å². The summed E-state index contributed by atoms with van der Waals surface area (Å²) < 4.78 is 29.0. The molecule has 0 amide bonds. The molecule has 0 aromatic carbocycles. The predicted octanol–water partition coefficient (Wildman–Crippen LogP) is 1.65. The second-order valence-corrected chi connectivity index (χ2v) is 8.49. The third-order valence-corrected chi connectivity index (χ3v) is 6.55. The van der Waals surface area contributed by atoms with Crippen molar-refractivity contribution < 1.29 is 8.42 Å². The first-order valence-corrected chi connectivity index (χ1v) is 10.1. The van der Waals surface area contributed by atoms with Gasteiger partial charge < -0.3 is 9.88 Å². The van der Waals surface area contributed by atoms with E-state index in [1.807, 2.05) is 23.4 Å². The average molecular weight is 332 g/mol. The lowest BCUT2D eigenvalue weighted by atomic mass is 10.4. The maximum Gasteiger partial charge on any atom is 0.244 e. The first kappa shape index (κ1) is 16.9. The molecule has 5 nitrogen and oxygen atoms in total. The minimum absolute atomic E-state index is 0.421. The Morgan fingerprint density at radius 2 is 2.14 bits per heavy atom. The smallest absolute Gasteiger partial charge is 0.244 e. The van der Waals surface area contributed by atoms with E-state index < -0.39 is 10.0 Å². The molecule has 0 unspecified atom stereocenters. The zero-order valence-corrected chi connectivity index (χ0v) is 14.5. The second kappa shape index (κ2) is 7.67. The van der Waals surface area contributed by atoms with Crippen LogP contribution in [-0.4, -0.2) is 48.4 Å². The SMILES string of the molecule is CCCNCc1cc(S(=O)(=O)N2CCCSCC2)cn1C. The van der Waals surface area contributed by atoms with Gasteiger partial charge in [0.05, 0.1) is 0 Å². The van der Waals surface area contributed by atoms with Crippen molar-refractivity contribution in [2.24, 2.45) is 7.05 Å². The van der Waals surface area contributed by atoms with Crippen molar-refractivity contribution in [1.29, 1.82) is 0 Å². The van der Waals surface area contributed by atoms with E-state index >= 15 is 0 Å². The lowest BCUT2D eigenvalue weighted by Crippen LogP contribution is -2.32. The zero-order valence-electron chi connectivity index (χ0n) is 12.8. The van der Waals surface area contributed by atoms with Crippen LogP contribution < -0.4 is 5.32 Å². The highest BCUT2D eigenvalue weighted by molar-refractivity contribution is 7.99. The molecule has 7 heteroatoms. The van der Waals surface area contributed by atoms with Gasteiger partial charge in [0.25, 0.3) is 0 Å². The highest BCUT2D eigenvalue weighted by atomic mass is 32.2. The molecule has 2 heterocycles. The highest BCUT2D eigenvalue weighted by Gasteiger charge is 2.26. The van der Waals surface area contributed by atoms with Gasteiger partial charge in [-0.1, -0.05) is 6.92 Å². The summed E-state index contributed by atoms with van der Waals surface area (Å²) in [6.45, 7) is 5.01. The van der Waals surface area contributed by atoms with E-state index in [0.29, 0.717) is 24.5 Å². The normalized spacial score (nSPS) is 17.8. The zero-order chi connectivity index (χ0) is 15.3. The Morgan fingerprint density at radius 1 is 1.33 bits per heavy atom. The van der Waals surface area contributed by atoms with E-state index in [2.05, 4.69) is 12.2 Å². The molecule has 1 aliphatic heterocycles. The monoisotopic (exact) mass is 331 g/mol. The molecule has 0 spiro atoms. The number of sulfonamides is 1. The van der Waals surface area contributed by atoms with Gasteiger partial charge in [0, 0.05) is 44.3 Å². The molecular formula is C14H25N3O2S2. The number of hydrogen-bond donors (Lipinski definition) is 1. The fourth-order valence-corrected chi connectivity index (χ4v) is 4.98. The predicted molar refractivity (Wildman–Crippen MR) is 88.1 cm³/mol. The van der Waals surface area contributed by atoms with Crippen LogP contribution in [0.2, 0.25) is 0 Å². The van der Waals surface area contributed by atoms with E-state index in [-0.39, 0.29) is 0 Å². The number of aromatic nitrogens is 1. The number of rotatable bonds is 6. The molecule has 0 atom stereocenters. The molecule has 1 fully saturated rings. The Morgan fingerprint density at radius 3 is 2.90 bits per heavy atom. The molecule has 1 aromatic rings. The number of nitrogens with one attached hydrogen (secondary N) is 1. The quantitative estimate of drug-likeness (QED) is 0.806. The topological polar surface area (TPSA) is 54.3 Å². The van der Waals surface area contributed by atoms with Crippen molar-refractivity contribution in [3.05, 3.63) is 18.0 Å². The number of thioether (sulfide) groups is 1. The Kier molecular flexibility index (Phi) is 6.16. The van der Waals surface area contributed by atoms with Crippen molar-refractivity contribution in [1.82, 2.24) is 14.2 Å². The van der Waals surface area contributed by atoms with Gasteiger partial charge in [0.2, 0.25) is 10.0 Å². The first-order valence-electron chi connectivity index (χ1n) is 7.49. The third-order valence-electron chi connectivity index (χ3n) is 3.63. The summed E-state index contributed by atoms with van der Waals surface area (Å²) in [6, 6.07) is 1.80. The van der Waals surface area contributed by atoms with Crippen LogP contribution in [0.15, 0.2) is 17.2 Å². The molecule has 120 valence electrons. The summed E-state index contributed by atoms with van der Waals surface area (Å²) in [6.07, 6.45) is 3.74. The first-order chi connectivity index (χ1) is 10.1. The Bertz CT molecular complexity index is 547. The van der Waals surface area contributed by atoms with Crippen molar-refractivity contribution in [2.75, 3.05) is 31.1 Å². The van der Waals surface area contributed by atoms with Gasteiger partial charge in [-0.25, -0.2) is 8.42 Å². The molecule has 0 aliphatic carbocycles. The average Bonchev–Trinajstić information content (AvgIpc) is 2.68. The summed E-state index contributed by atoms with van der Waals surface area (Å²) in [7, 11) is -1.44. The van der Waals surface area contributed by atoms with Gasteiger partial charge in [-0.05, 0) is 31.2 Å². The van der Waals surface area contributed by atoms with Gasteiger partial charge in [-0.15, -0.1) is 0 Å². The van der Waals surface area contributed by atoms with Crippen molar-refractivity contribution >= 4 is 21.8 Å². The summed E-state index contributed by atoms with van der Waals surface area (Å²) >= 11 is 1.83. The summed E-state index contributed by atoms with van der Waals surface area (Å²) in [5.74, 6) is 1.93. The largest absolute Gasteiger partial charge is 0.352 e. The van der Waals surface area contributed by atoms with Gasteiger partial charge >= 0.3 is 0 Å². The molecule has 2 rings (SSSR count). The van der Waals surface area contributed by atoms with Crippen LogP contribution in [0.25, 0.3) is 0 Å². The van der Waals surface area contributed by atoms with E-state index in [1.165, 1.54) is 0 Å². The van der Waals surface area contributed by atoms with Crippen LogP contribution >= 0.6 is 11.8 Å². The molecule has 1 saturated heterocycles. The minimum Gasteiger partial charge on any atom is -0.352 e. The van der Waals surface area contributed by atoms with Crippen molar-refractivity contribution in [3.8, 4) is 0 Å². The standard InChI is InChI=1S/C14H25N3O2S2/c1-3-5-15-11-13-10-14(12-16(13)2)21(18,19)17-6-4-8-20-9-7-17/h10,12,15H,3-9,11H2,1-2H3. The summed E-state index contributed by atoms with van der Waals surface area (Å²) in [4.78, 5) is 0.421. The lowest BCUT2D eigenvalue weighted by Gasteiger charge is -2.18. The molecule has 0 bridgehead atoms. The van der Waals surface area contributed by atoms with E-state index in [0.717, 1.165) is 36.6 Å². The Labute approximate surface area is 132 Å². The van der Waals surface area contributed by atoms with Gasteiger partial charge in [0.1, 0.15) is 4.90 Å². The number of aryl methyl sites for hydroxylation is 1. The van der Waals surface area contributed by atoms with Gasteiger partial charge in [0.15, 0.2) is 0 Å².